The van der Waals surface area contributed by atoms with Crippen LogP contribution in [0.25, 0.3) is 0 Å². The highest BCUT2D eigenvalue weighted by atomic mass is 16.6. The highest BCUT2D eigenvalue weighted by Gasteiger charge is 2.30. The van der Waals surface area contributed by atoms with E-state index >= 15 is 0 Å². The Morgan fingerprint density at radius 1 is 1.32 bits per heavy atom. The third kappa shape index (κ3) is 3.55. The molecular formula is C18H22N4O3. The molecule has 7 heteroatoms. The molecule has 0 unspecified atom stereocenters. The summed E-state index contributed by atoms with van der Waals surface area (Å²) in [5.41, 5.74) is 1.43. The Morgan fingerprint density at radius 3 is 2.56 bits per heavy atom. The minimum absolute atomic E-state index is 0.0596. The van der Waals surface area contributed by atoms with Crippen LogP contribution in [0, 0.1) is 17.0 Å². The summed E-state index contributed by atoms with van der Waals surface area (Å²) in [5.74, 6) is 0.707. The zero-order valence-electron chi connectivity index (χ0n) is 14.9. The van der Waals surface area contributed by atoms with E-state index < -0.39 is 4.92 Å². The maximum Gasteiger partial charge on any atom is 0.273 e. The molecule has 0 radical (unpaired) electrons. The largest absolute Gasteiger partial charge is 0.307 e. The number of hydrogen-bond donors (Lipinski definition) is 1. The molecule has 1 aromatic heterocycles. The van der Waals surface area contributed by atoms with Crippen LogP contribution in [0.3, 0.4) is 0 Å². The fourth-order valence-corrected chi connectivity index (χ4v) is 2.71. The van der Waals surface area contributed by atoms with Gasteiger partial charge in [-0.15, -0.1) is 0 Å². The van der Waals surface area contributed by atoms with Gasteiger partial charge in [-0.2, -0.15) is 5.10 Å². The van der Waals surface area contributed by atoms with Crippen LogP contribution in [0.4, 0.5) is 11.5 Å². The van der Waals surface area contributed by atoms with Crippen molar-refractivity contribution >= 4 is 17.4 Å². The van der Waals surface area contributed by atoms with Gasteiger partial charge in [0.05, 0.1) is 16.2 Å². The van der Waals surface area contributed by atoms with Gasteiger partial charge in [-0.3, -0.25) is 14.9 Å². The molecule has 0 bridgehead atoms. The maximum absolute atomic E-state index is 12.6. The Bertz CT molecular complexity index is 844. The molecule has 0 saturated heterocycles. The third-order valence-corrected chi connectivity index (χ3v) is 4.27. The summed E-state index contributed by atoms with van der Waals surface area (Å²) in [4.78, 5) is 23.2. The lowest BCUT2D eigenvalue weighted by Crippen LogP contribution is -2.26. The molecule has 1 saturated carbocycles. The third-order valence-electron chi connectivity index (χ3n) is 4.27. The number of hydrogen-bond acceptors (Lipinski definition) is 4. The molecule has 132 valence electrons. The molecule has 1 heterocycles. The van der Waals surface area contributed by atoms with E-state index in [4.69, 9.17) is 0 Å². The highest BCUT2D eigenvalue weighted by molar-refractivity contribution is 6.04. The second-order valence-corrected chi connectivity index (χ2v) is 7.52. The van der Waals surface area contributed by atoms with Gasteiger partial charge in [0.15, 0.2) is 0 Å². The zero-order chi connectivity index (χ0) is 18.4. The van der Waals surface area contributed by atoms with Crippen LogP contribution in [0.15, 0.2) is 24.3 Å². The molecule has 1 N–H and O–H groups in total. The summed E-state index contributed by atoms with van der Waals surface area (Å²) in [6.45, 7) is 7.70. The summed E-state index contributed by atoms with van der Waals surface area (Å²) < 4.78 is 1.81. The number of aryl methyl sites for hydroxylation is 1. The quantitative estimate of drug-likeness (QED) is 0.672. The van der Waals surface area contributed by atoms with E-state index in [9.17, 15) is 14.9 Å². The number of rotatable bonds is 4. The van der Waals surface area contributed by atoms with Crippen LogP contribution >= 0.6 is 0 Å². The number of carbonyl (C=O) groups is 1. The zero-order valence-corrected chi connectivity index (χ0v) is 14.9. The van der Waals surface area contributed by atoms with Gasteiger partial charge in [0, 0.05) is 29.2 Å². The van der Waals surface area contributed by atoms with Gasteiger partial charge >= 0.3 is 0 Å². The summed E-state index contributed by atoms with van der Waals surface area (Å²) in [6, 6.07) is 6.40. The van der Waals surface area contributed by atoms with Crippen LogP contribution < -0.4 is 5.32 Å². The Labute approximate surface area is 146 Å². The van der Waals surface area contributed by atoms with Gasteiger partial charge in [-0.1, -0.05) is 6.07 Å². The Hall–Kier alpha value is -2.70. The predicted octanol–water partition coefficient (Wildman–Crippen LogP) is 3.98. The van der Waals surface area contributed by atoms with E-state index in [1.807, 2.05) is 26.8 Å². The van der Waals surface area contributed by atoms with Gasteiger partial charge in [0.2, 0.25) is 0 Å². The summed E-state index contributed by atoms with van der Waals surface area (Å²) in [7, 11) is 0. The van der Waals surface area contributed by atoms with E-state index in [0.717, 1.165) is 18.5 Å². The minimum atomic E-state index is -0.475. The van der Waals surface area contributed by atoms with Crippen molar-refractivity contribution in [1.82, 2.24) is 9.78 Å². The van der Waals surface area contributed by atoms with Gasteiger partial charge in [0.25, 0.3) is 11.6 Å². The molecule has 1 aliphatic rings. The average Bonchev–Trinajstić information content (AvgIpc) is 3.27. The lowest BCUT2D eigenvalue weighted by molar-refractivity contribution is -0.385. The Kier molecular flexibility index (Phi) is 4.10. The average molecular weight is 342 g/mol. The molecule has 1 fully saturated rings. The lowest BCUT2D eigenvalue weighted by atomic mass is 10.1. The van der Waals surface area contributed by atoms with E-state index in [-0.39, 0.29) is 22.7 Å². The van der Waals surface area contributed by atoms with Crippen LogP contribution in [-0.4, -0.2) is 20.6 Å². The van der Waals surface area contributed by atoms with Gasteiger partial charge in [-0.25, -0.2) is 4.68 Å². The fraction of sp³-hybridized carbons (Fsp3) is 0.444. The van der Waals surface area contributed by atoms with Crippen molar-refractivity contribution in [3.8, 4) is 0 Å². The van der Waals surface area contributed by atoms with E-state index in [2.05, 4.69) is 10.4 Å². The number of amides is 1. The van der Waals surface area contributed by atoms with E-state index in [0.29, 0.717) is 17.3 Å². The molecule has 0 atom stereocenters. The number of benzene rings is 1. The number of nitro benzene ring substituents is 1. The number of nitro groups is 1. The lowest BCUT2D eigenvalue weighted by Gasteiger charge is -2.22. The van der Waals surface area contributed by atoms with Crippen molar-refractivity contribution in [1.29, 1.82) is 0 Å². The number of nitrogens with one attached hydrogen (secondary N) is 1. The second kappa shape index (κ2) is 5.98. The Balaban J connectivity index is 1.90. The van der Waals surface area contributed by atoms with Crippen molar-refractivity contribution in [3.05, 3.63) is 51.2 Å². The van der Waals surface area contributed by atoms with Crippen molar-refractivity contribution in [2.24, 2.45) is 0 Å². The van der Waals surface area contributed by atoms with Gasteiger partial charge < -0.3 is 5.32 Å². The summed E-state index contributed by atoms with van der Waals surface area (Å²) >= 11 is 0. The normalized spacial score (nSPS) is 14.4. The number of anilines is 1. The second-order valence-electron chi connectivity index (χ2n) is 7.52. The summed E-state index contributed by atoms with van der Waals surface area (Å²) in [6.07, 6.45) is 2.25. The van der Waals surface area contributed by atoms with Crippen LogP contribution in [0.2, 0.25) is 0 Å². The van der Waals surface area contributed by atoms with Crippen molar-refractivity contribution < 1.29 is 9.72 Å². The van der Waals surface area contributed by atoms with Crippen LogP contribution in [0.1, 0.15) is 61.1 Å². The molecule has 1 amide bonds. The van der Waals surface area contributed by atoms with Crippen molar-refractivity contribution in [2.45, 2.75) is 52.0 Å². The van der Waals surface area contributed by atoms with Crippen molar-refractivity contribution in [2.75, 3.05) is 5.32 Å². The van der Waals surface area contributed by atoms with Crippen molar-refractivity contribution in [3.63, 3.8) is 0 Å². The van der Waals surface area contributed by atoms with E-state index in [1.165, 1.54) is 6.07 Å². The molecule has 25 heavy (non-hydrogen) atoms. The maximum atomic E-state index is 12.6. The molecular weight excluding hydrogens is 320 g/mol. The molecule has 0 spiro atoms. The fourth-order valence-electron chi connectivity index (χ4n) is 2.71. The highest BCUT2D eigenvalue weighted by Crippen LogP contribution is 2.41. The van der Waals surface area contributed by atoms with Gasteiger partial charge in [-0.05, 0) is 46.6 Å². The number of carbonyl (C=O) groups excluding carboxylic acids is 1. The first-order valence-electron chi connectivity index (χ1n) is 8.33. The first-order chi connectivity index (χ1) is 11.7. The Morgan fingerprint density at radius 2 is 2.00 bits per heavy atom. The van der Waals surface area contributed by atoms with Crippen LogP contribution in [-0.2, 0) is 5.54 Å². The molecule has 2 aromatic rings. The van der Waals surface area contributed by atoms with Gasteiger partial charge in [0.1, 0.15) is 5.82 Å². The smallest absolute Gasteiger partial charge is 0.273 e. The molecule has 0 aliphatic heterocycles. The molecule has 3 rings (SSSR count). The standard InChI is InChI=1S/C18H22N4O3/c1-11-5-6-13(9-15(11)22(24)25)17(23)19-16-10-14(12-7-8-12)20-21(16)18(2,3)4/h5-6,9-10,12H,7-8H2,1-4H3,(H,19,23). The first-order valence-corrected chi connectivity index (χ1v) is 8.33. The predicted molar refractivity (Wildman–Crippen MR) is 95.0 cm³/mol. The van der Waals surface area contributed by atoms with E-state index in [1.54, 1.807) is 23.7 Å². The molecule has 7 nitrogen and oxygen atoms in total. The first kappa shape index (κ1) is 17.1. The number of aromatic nitrogens is 2. The molecule has 1 aromatic carbocycles. The SMILES string of the molecule is Cc1ccc(C(=O)Nc2cc(C3CC3)nn2C(C)(C)C)cc1[N+](=O)[O-]. The molecule has 1 aliphatic carbocycles. The minimum Gasteiger partial charge on any atom is -0.307 e. The van der Waals surface area contributed by atoms with Crippen LogP contribution in [0.5, 0.6) is 0 Å². The monoisotopic (exact) mass is 342 g/mol. The topological polar surface area (TPSA) is 90.1 Å². The number of nitrogens with zero attached hydrogens (tertiary/aromatic N) is 3. The summed E-state index contributed by atoms with van der Waals surface area (Å²) in [5, 5.41) is 18.6.